The molecule has 7 nitrogen and oxygen atoms in total. The van der Waals surface area contributed by atoms with Crippen LogP contribution in [0.4, 0.5) is 4.79 Å². The predicted molar refractivity (Wildman–Crippen MR) is 58.5 cm³/mol. The fraction of sp³-hybridized carbons (Fsp3) is 0.300. The van der Waals surface area contributed by atoms with Gasteiger partial charge in [0.15, 0.2) is 5.75 Å². The van der Waals surface area contributed by atoms with Crippen LogP contribution in [0.1, 0.15) is 10.5 Å². The minimum atomic E-state index is -0.941. The molecule has 1 aromatic heterocycles. The third-order valence-electron chi connectivity index (χ3n) is 1.96. The van der Waals surface area contributed by atoms with Crippen LogP contribution in [0.25, 0.3) is 0 Å². The molecule has 2 amide bonds. The van der Waals surface area contributed by atoms with Crippen LogP contribution in [0.2, 0.25) is 0 Å². The number of hydrogen-bond acceptors (Lipinski definition) is 5. The Hall–Kier alpha value is -2.15. The van der Waals surface area contributed by atoms with E-state index in [4.69, 9.17) is 10.8 Å². The number of ether oxygens (including phenoxy) is 1. The number of aromatic nitrogens is 1. The number of carbonyl (C=O) groups excluding carboxylic acids is 2. The summed E-state index contributed by atoms with van der Waals surface area (Å²) in [4.78, 5) is 27.3. The molecule has 1 rings (SSSR count). The minimum absolute atomic E-state index is 0.120. The molecule has 0 radical (unpaired) electrons. The number of pyridine rings is 1. The largest absolute Gasteiger partial charge is 0.410 e. The first-order valence-electron chi connectivity index (χ1n) is 4.84. The topological polar surface area (TPSA) is 106 Å². The average molecular weight is 239 g/mol. The summed E-state index contributed by atoms with van der Waals surface area (Å²) in [6.45, 7) is 0.102. The first kappa shape index (κ1) is 12.9. The molecular weight excluding hydrogens is 226 g/mol. The van der Waals surface area contributed by atoms with Gasteiger partial charge in [0.2, 0.25) is 0 Å². The van der Waals surface area contributed by atoms with Crippen molar-refractivity contribution in [1.82, 2.24) is 9.88 Å². The SMILES string of the molecule is CN(CCO)C(=O)c1ccc(OC(N)=O)cn1. The summed E-state index contributed by atoms with van der Waals surface area (Å²) in [6, 6.07) is 2.83. The Kier molecular flexibility index (Phi) is 4.41. The number of likely N-dealkylation sites (N-methyl/N-ethyl adjacent to an activating group) is 1. The number of aliphatic hydroxyl groups excluding tert-OH is 1. The predicted octanol–water partition coefficient (Wildman–Crippen LogP) is -0.397. The lowest BCUT2D eigenvalue weighted by Gasteiger charge is -2.14. The van der Waals surface area contributed by atoms with Gasteiger partial charge in [-0.05, 0) is 12.1 Å². The number of nitrogens with two attached hydrogens (primary N) is 1. The van der Waals surface area contributed by atoms with Crippen molar-refractivity contribution in [3.63, 3.8) is 0 Å². The van der Waals surface area contributed by atoms with Crippen molar-refractivity contribution in [2.24, 2.45) is 5.73 Å². The molecule has 0 saturated carbocycles. The number of rotatable bonds is 4. The molecule has 0 unspecified atom stereocenters. The average Bonchev–Trinajstić information content (AvgIpc) is 2.28. The Labute approximate surface area is 97.8 Å². The van der Waals surface area contributed by atoms with Gasteiger partial charge in [-0.2, -0.15) is 0 Å². The fourth-order valence-electron chi connectivity index (χ4n) is 1.13. The van der Waals surface area contributed by atoms with Crippen LogP contribution in [0, 0.1) is 0 Å². The molecule has 0 fully saturated rings. The van der Waals surface area contributed by atoms with E-state index in [0.717, 1.165) is 0 Å². The molecule has 0 atom stereocenters. The van der Waals surface area contributed by atoms with Gasteiger partial charge in [0.1, 0.15) is 5.69 Å². The summed E-state index contributed by atoms with van der Waals surface area (Å²) >= 11 is 0. The quantitative estimate of drug-likeness (QED) is 0.743. The maximum atomic E-state index is 11.7. The van der Waals surface area contributed by atoms with Crippen LogP contribution >= 0.6 is 0 Å². The summed E-state index contributed by atoms with van der Waals surface area (Å²) in [6.07, 6.45) is 0.286. The molecule has 0 spiro atoms. The Morgan fingerprint density at radius 2 is 2.24 bits per heavy atom. The molecule has 0 saturated heterocycles. The van der Waals surface area contributed by atoms with Crippen molar-refractivity contribution in [3.8, 4) is 5.75 Å². The van der Waals surface area contributed by atoms with Gasteiger partial charge < -0.3 is 20.5 Å². The molecule has 1 aromatic rings. The number of primary amides is 1. The van der Waals surface area contributed by atoms with Gasteiger partial charge in [0.25, 0.3) is 5.91 Å². The van der Waals surface area contributed by atoms with Crippen molar-refractivity contribution in [2.45, 2.75) is 0 Å². The zero-order chi connectivity index (χ0) is 12.8. The number of aliphatic hydroxyl groups is 1. The van der Waals surface area contributed by atoms with Crippen LogP contribution in [0.15, 0.2) is 18.3 Å². The highest BCUT2D eigenvalue weighted by atomic mass is 16.5. The van der Waals surface area contributed by atoms with Gasteiger partial charge in [0.05, 0.1) is 12.8 Å². The summed E-state index contributed by atoms with van der Waals surface area (Å²) in [7, 11) is 1.55. The third-order valence-corrected chi connectivity index (χ3v) is 1.96. The molecule has 0 aliphatic heterocycles. The third kappa shape index (κ3) is 3.72. The molecular formula is C10H13N3O4. The maximum Gasteiger partial charge on any atom is 0.410 e. The van der Waals surface area contributed by atoms with Gasteiger partial charge in [-0.15, -0.1) is 0 Å². The lowest BCUT2D eigenvalue weighted by Crippen LogP contribution is -2.30. The second-order valence-corrected chi connectivity index (χ2v) is 3.25. The maximum absolute atomic E-state index is 11.7. The molecule has 92 valence electrons. The van der Waals surface area contributed by atoms with Crippen LogP contribution in [0.3, 0.4) is 0 Å². The molecule has 0 aliphatic rings. The van der Waals surface area contributed by atoms with Crippen LogP contribution in [-0.2, 0) is 0 Å². The van der Waals surface area contributed by atoms with Crippen molar-refractivity contribution >= 4 is 12.0 Å². The first-order valence-corrected chi connectivity index (χ1v) is 4.84. The van der Waals surface area contributed by atoms with Crippen molar-refractivity contribution in [1.29, 1.82) is 0 Å². The summed E-state index contributed by atoms with van der Waals surface area (Å²) in [5.41, 5.74) is 5.01. The van der Waals surface area contributed by atoms with Crippen LogP contribution in [0.5, 0.6) is 5.75 Å². The van der Waals surface area contributed by atoms with Gasteiger partial charge in [0, 0.05) is 13.6 Å². The highest BCUT2D eigenvalue weighted by molar-refractivity contribution is 5.92. The van der Waals surface area contributed by atoms with Gasteiger partial charge in [-0.1, -0.05) is 0 Å². The Balaban J connectivity index is 2.73. The molecule has 0 bridgehead atoms. The number of nitrogens with zero attached hydrogens (tertiary/aromatic N) is 2. The normalized spacial score (nSPS) is 9.76. The van der Waals surface area contributed by atoms with Crippen molar-refractivity contribution in [2.75, 3.05) is 20.2 Å². The fourth-order valence-corrected chi connectivity index (χ4v) is 1.13. The highest BCUT2D eigenvalue weighted by Gasteiger charge is 2.12. The minimum Gasteiger partial charge on any atom is -0.409 e. The van der Waals surface area contributed by atoms with Crippen LogP contribution < -0.4 is 10.5 Å². The standard InChI is InChI=1S/C10H13N3O4/c1-13(4-5-14)9(15)8-3-2-7(6-12-8)17-10(11)16/h2-3,6,14H,4-5H2,1H3,(H2,11,16). The highest BCUT2D eigenvalue weighted by Crippen LogP contribution is 2.10. The summed E-state index contributed by atoms with van der Waals surface area (Å²) in [5, 5.41) is 8.69. The van der Waals surface area contributed by atoms with Crippen molar-refractivity contribution in [3.05, 3.63) is 24.0 Å². The van der Waals surface area contributed by atoms with Crippen molar-refractivity contribution < 1.29 is 19.4 Å². The Morgan fingerprint density at radius 3 is 2.71 bits per heavy atom. The van der Waals surface area contributed by atoms with Gasteiger partial charge >= 0.3 is 6.09 Å². The van der Waals surface area contributed by atoms with E-state index in [9.17, 15) is 9.59 Å². The van der Waals surface area contributed by atoms with Gasteiger partial charge in [-0.25, -0.2) is 9.78 Å². The lowest BCUT2D eigenvalue weighted by atomic mass is 10.3. The molecule has 0 aliphatic carbocycles. The molecule has 17 heavy (non-hydrogen) atoms. The van der Waals surface area contributed by atoms with E-state index in [0.29, 0.717) is 0 Å². The number of carbonyl (C=O) groups is 2. The lowest BCUT2D eigenvalue weighted by molar-refractivity contribution is 0.0761. The summed E-state index contributed by atoms with van der Waals surface area (Å²) in [5.74, 6) is -0.163. The molecule has 7 heteroatoms. The van der Waals surface area contributed by atoms with E-state index in [1.165, 1.54) is 23.2 Å². The second kappa shape index (κ2) is 5.80. The number of hydrogen-bond donors (Lipinski definition) is 2. The van der Waals surface area contributed by atoms with Gasteiger partial charge in [-0.3, -0.25) is 4.79 Å². The van der Waals surface area contributed by atoms with E-state index >= 15 is 0 Å². The van der Waals surface area contributed by atoms with E-state index in [-0.39, 0.29) is 30.5 Å². The molecule has 3 N–H and O–H groups in total. The Bertz CT molecular complexity index is 405. The summed E-state index contributed by atoms with van der Waals surface area (Å²) < 4.78 is 4.57. The smallest absolute Gasteiger partial charge is 0.409 e. The first-order chi connectivity index (χ1) is 8.04. The number of amides is 2. The van der Waals surface area contributed by atoms with E-state index in [1.807, 2.05) is 0 Å². The van der Waals surface area contributed by atoms with E-state index in [2.05, 4.69) is 9.72 Å². The Morgan fingerprint density at radius 1 is 1.53 bits per heavy atom. The second-order valence-electron chi connectivity index (χ2n) is 3.25. The molecule has 0 aromatic carbocycles. The van der Waals surface area contributed by atoms with E-state index < -0.39 is 6.09 Å². The zero-order valence-electron chi connectivity index (χ0n) is 9.29. The van der Waals surface area contributed by atoms with Crippen LogP contribution in [-0.4, -0.2) is 47.2 Å². The monoisotopic (exact) mass is 239 g/mol. The van der Waals surface area contributed by atoms with E-state index in [1.54, 1.807) is 7.05 Å². The zero-order valence-corrected chi connectivity index (χ0v) is 9.29. The molecule has 1 heterocycles.